The third-order valence-electron chi connectivity index (χ3n) is 4.92. The molecule has 1 aromatic heterocycles. The van der Waals surface area contributed by atoms with Gasteiger partial charge in [-0.1, -0.05) is 29.3 Å². The van der Waals surface area contributed by atoms with Gasteiger partial charge in [0, 0.05) is 15.9 Å². The number of benzene rings is 2. The molecule has 36 heavy (non-hydrogen) atoms. The lowest BCUT2D eigenvalue weighted by Crippen LogP contribution is -2.27. The average Bonchev–Trinajstić information content (AvgIpc) is 3.17. The van der Waals surface area contributed by atoms with Crippen LogP contribution in [0.15, 0.2) is 48.0 Å². The van der Waals surface area contributed by atoms with E-state index in [0.717, 1.165) is 4.70 Å². The Kier molecular flexibility index (Phi) is 8.98. The van der Waals surface area contributed by atoms with Gasteiger partial charge in [0.05, 0.1) is 10.4 Å². The van der Waals surface area contributed by atoms with E-state index in [2.05, 4.69) is 5.32 Å². The summed E-state index contributed by atoms with van der Waals surface area (Å²) >= 11 is 13.1. The monoisotopic (exact) mass is 573 g/mol. The van der Waals surface area contributed by atoms with E-state index >= 15 is 0 Å². The molecule has 2 aromatic carbocycles. The molecule has 0 aliphatic rings. The molecule has 3 aromatic rings. The van der Waals surface area contributed by atoms with Crippen molar-refractivity contribution in [3.8, 4) is 0 Å². The van der Waals surface area contributed by atoms with Gasteiger partial charge in [0.15, 0.2) is 5.66 Å². The fourth-order valence-electron chi connectivity index (χ4n) is 3.06. The first-order chi connectivity index (χ1) is 16.8. The molecule has 2 N–H and O–H groups in total. The summed E-state index contributed by atoms with van der Waals surface area (Å²) in [4.78, 5) is 36.0. The Balaban J connectivity index is 1.89. The summed E-state index contributed by atoms with van der Waals surface area (Å²) in [5.74, 6) is -2.09. The first-order valence-corrected chi connectivity index (χ1v) is 13.8. The molecule has 12 heteroatoms. The second kappa shape index (κ2) is 11.4. The summed E-state index contributed by atoms with van der Waals surface area (Å²) in [7, 11) is -4.73. The number of rotatable bonds is 8. The molecule has 0 bridgehead atoms. The Hall–Kier alpha value is -2.26. The zero-order valence-corrected chi connectivity index (χ0v) is 22.7. The molecule has 0 saturated carbocycles. The first kappa shape index (κ1) is 28.3. The van der Waals surface area contributed by atoms with Crippen molar-refractivity contribution in [2.24, 2.45) is 5.41 Å². The van der Waals surface area contributed by atoms with Crippen LogP contribution in [0.3, 0.4) is 0 Å². The van der Waals surface area contributed by atoms with Gasteiger partial charge in [-0.15, -0.1) is 11.3 Å². The molecule has 3 rings (SSSR count). The second-order valence-electron chi connectivity index (χ2n) is 8.74. The summed E-state index contributed by atoms with van der Waals surface area (Å²) in [5, 5.41) is 4.82. The number of ether oxygens (including phenoxy) is 1. The number of halogens is 3. The highest BCUT2D eigenvalue weighted by Gasteiger charge is 2.42. The molecule has 0 aliphatic heterocycles. The Labute approximate surface area is 221 Å². The maximum Gasteiger partial charge on any atom is 0.347 e. The van der Waals surface area contributed by atoms with Gasteiger partial charge in [0.1, 0.15) is 5.82 Å². The van der Waals surface area contributed by atoms with E-state index in [1.807, 2.05) is 0 Å². The lowest BCUT2D eigenvalue weighted by molar-refractivity contribution is -0.159. The number of thiophene rings is 1. The number of carbonyl (C=O) groups excluding carboxylic acids is 2. The van der Waals surface area contributed by atoms with E-state index in [0.29, 0.717) is 16.0 Å². The predicted octanol–water partition coefficient (Wildman–Crippen LogP) is 6.92. The maximum atomic E-state index is 13.4. The minimum atomic E-state index is -4.73. The largest absolute Gasteiger partial charge is 0.438 e. The van der Waals surface area contributed by atoms with E-state index in [1.54, 1.807) is 44.4 Å². The van der Waals surface area contributed by atoms with Crippen molar-refractivity contribution in [1.82, 2.24) is 5.32 Å². The molecular weight excluding hydrogens is 551 g/mol. The van der Waals surface area contributed by atoms with Crippen molar-refractivity contribution < 1.29 is 32.7 Å². The molecule has 1 amide bonds. The van der Waals surface area contributed by atoms with Gasteiger partial charge in [-0.25, -0.2) is 4.39 Å². The zero-order valence-electron chi connectivity index (χ0n) is 19.5. The fraction of sp³-hybridized carbons (Fsp3) is 0.250. The minimum Gasteiger partial charge on any atom is -0.438 e. The summed E-state index contributed by atoms with van der Waals surface area (Å²) < 4.78 is 37.4. The molecule has 0 radical (unpaired) electrons. The average molecular weight is 574 g/mol. The third-order valence-corrected chi connectivity index (χ3v) is 8.07. The number of carbonyl (C=O) groups is 2. The van der Waals surface area contributed by atoms with Gasteiger partial charge in [0.25, 0.3) is 0 Å². The molecule has 2 unspecified atom stereocenters. The smallest absolute Gasteiger partial charge is 0.347 e. The van der Waals surface area contributed by atoms with Crippen molar-refractivity contribution in [2.45, 2.75) is 26.4 Å². The van der Waals surface area contributed by atoms with Crippen LogP contribution in [-0.4, -0.2) is 23.6 Å². The van der Waals surface area contributed by atoms with Gasteiger partial charge in [-0.05, 0) is 79.1 Å². The van der Waals surface area contributed by atoms with Crippen LogP contribution in [0.1, 0.15) is 37.6 Å². The molecule has 0 aliphatic carbocycles. The number of nitrogens with one attached hydrogen (secondary N) is 1. The highest BCUT2D eigenvalue weighted by molar-refractivity contribution is 7.54. The Bertz CT molecular complexity index is 1370. The quantitative estimate of drug-likeness (QED) is 0.172. The van der Waals surface area contributed by atoms with Crippen LogP contribution in [0.5, 0.6) is 0 Å². The Morgan fingerprint density at radius 3 is 2.61 bits per heavy atom. The Morgan fingerprint density at radius 1 is 1.22 bits per heavy atom. The van der Waals surface area contributed by atoms with E-state index < -0.39 is 43.2 Å². The Morgan fingerprint density at radius 2 is 1.94 bits per heavy atom. The molecule has 2 atom stereocenters. The maximum absolute atomic E-state index is 13.4. The standard InChI is InChI=1S/C24H23Cl2FNO6PS/c1-24(2,3)23(30)33-13-34-35(31,32)21(17-12-36-20-7-5-15(25)11-16(17)20)22(29)28-9-8-14-4-6-19(27)18(26)10-14/h4-12,21H,13H2,1-3H3,(H,28,29)(H,31,32)/b9-8+. The third kappa shape index (κ3) is 6.94. The highest BCUT2D eigenvalue weighted by Crippen LogP contribution is 2.58. The summed E-state index contributed by atoms with van der Waals surface area (Å²) in [5.41, 5.74) is -1.81. The molecule has 1 heterocycles. The van der Waals surface area contributed by atoms with Gasteiger partial charge >= 0.3 is 13.6 Å². The molecule has 192 valence electrons. The zero-order chi connectivity index (χ0) is 26.7. The molecule has 7 nitrogen and oxygen atoms in total. The van der Waals surface area contributed by atoms with E-state index in [-0.39, 0.29) is 10.6 Å². The van der Waals surface area contributed by atoms with Crippen LogP contribution in [0.2, 0.25) is 10.0 Å². The lowest BCUT2D eigenvalue weighted by Gasteiger charge is -2.22. The molecule has 0 spiro atoms. The summed E-state index contributed by atoms with van der Waals surface area (Å²) in [6, 6.07) is 8.94. The molecular formula is C24H23Cl2FNO6PS. The van der Waals surface area contributed by atoms with E-state index in [1.165, 1.54) is 41.8 Å². The minimum absolute atomic E-state index is 0.0963. The first-order valence-electron chi connectivity index (χ1n) is 10.5. The van der Waals surface area contributed by atoms with Gasteiger partial charge < -0.3 is 14.9 Å². The number of amides is 1. The van der Waals surface area contributed by atoms with Crippen LogP contribution in [-0.2, 0) is 23.4 Å². The fourth-order valence-corrected chi connectivity index (χ4v) is 5.78. The molecule has 0 saturated heterocycles. The van der Waals surface area contributed by atoms with Crippen molar-refractivity contribution in [3.05, 3.63) is 75.0 Å². The van der Waals surface area contributed by atoms with Gasteiger partial charge in [-0.3, -0.25) is 18.7 Å². The SMILES string of the molecule is CC(C)(C)C(=O)OCOP(=O)(O)C(C(=O)N/C=C/c1ccc(F)c(Cl)c1)c1csc2ccc(Cl)cc12. The summed E-state index contributed by atoms with van der Waals surface area (Å²) in [6.45, 7) is 4.03. The predicted molar refractivity (Wildman–Crippen MR) is 139 cm³/mol. The van der Waals surface area contributed by atoms with Crippen molar-refractivity contribution in [3.63, 3.8) is 0 Å². The normalized spacial score (nSPS) is 14.5. The van der Waals surface area contributed by atoms with Crippen LogP contribution >= 0.6 is 42.1 Å². The van der Waals surface area contributed by atoms with Crippen LogP contribution in [0.25, 0.3) is 16.2 Å². The topological polar surface area (TPSA) is 102 Å². The van der Waals surface area contributed by atoms with Crippen molar-refractivity contribution >= 4 is 70.2 Å². The van der Waals surface area contributed by atoms with Crippen LogP contribution < -0.4 is 5.32 Å². The van der Waals surface area contributed by atoms with E-state index in [9.17, 15) is 23.4 Å². The number of esters is 1. The van der Waals surface area contributed by atoms with Crippen molar-refractivity contribution in [2.75, 3.05) is 6.79 Å². The van der Waals surface area contributed by atoms with Crippen molar-refractivity contribution in [1.29, 1.82) is 0 Å². The van der Waals surface area contributed by atoms with Crippen LogP contribution in [0, 0.1) is 11.2 Å². The number of hydrogen-bond donors (Lipinski definition) is 2. The lowest BCUT2D eigenvalue weighted by atomic mass is 9.98. The van der Waals surface area contributed by atoms with Gasteiger partial charge in [-0.2, -0.15) is 0 Å². The van der Waals surface area contributed by atoms with Crippen LogP contribution in [0.4, 0.5) is 4.39 Å². The highest BCUT2D eigenvalue weighted by atomic mass is 35.5. The summed E-state index contributed by atoms with van der Waals surface area (Å²) in [6.07, 6.45) is 2.68. The number of fused-ring (bicyclic) bond motifs is 1. The van der Waals surface area contributed by atoms with Gasteiger partial charge in [0.2, 0.25) is 12.7 Å². The van der Waals surface area contributed by atoms with E-state index in [4.69, 9.17) is 32.5 Å². The molecule has 0 fully saturated rings. The second-order valence-corrected chi connectivity index (χ2v) is 12.4. The number of hydrogen-bond acceptors (Lipinski definition) is 6.